The summed E-state index contributed by atoms with van der Waals surface area (Å²) in [6.45, 7) is 2.01. The van der Waals surface area contributed by atoms with E-state index in [4.69, 9.17) is 5.26 Å². The van der Waals surface area contributed by atoms with E-state index in [0.717, 1.165) is 30.3 Å². The summed E-state index contributed by atoms with van der Waals surface area (Å²) in [7, 11) is 0. The van der Waals surface area contributed by atoms with E-state index in [9.17, 15) is 18.0 Å². The maximum absolute atomic E-state index is 13.0. The molecule has 0 bridgehead atoms. The molecular weight excluding hydrogens is 343 g/mol. The number of rotatable bonds is 5. The van der Waals surface area contributed by atoms with Crippen LogP contribution < -0.4 is 10.6 Å². The number of anilines is 2. The zero-order chi connectivity index (χ0) is 19.2. The molecule has 134 valence electrons. The highest BCUT2D eigenvalue weighted by Crippen LogP contribution is 2.34. The van der Waals surface area contributed by atoms with Gasteiger partial charge >= 0.3 is 6.18 Å². The quantitative estimate of drug-likeness (QED) is 0.599. The van der Waals surface area contributed by atoms with Crippen molar-refractivity contribution in [3.05, 3.63) is 71.4 Å². The molecule has 0 saturated carbocycles. The van der Waals surface area contributed by atoms with Crippen LogP contribution >= 0.6 is 0 Å². The van der Waals surface area contributed by atoms with Crippen molar-refractivity contribution in [2.45, 2.75) is 19.5 Å². The third-order valence-electron chi connectivity index (χ3n) is 3.59. The number of nitrogens with zero attached hydrogens (tertiary/aromatic N) is 1. The van der Waals surface area contributed by atoms with Crippen LogP contribution in [0.4, 0.5) is 24.5 Å². The van der Waals surface area contributed by atoms with Crippen LogP contribution in [0.25, 0.3) is 0 Å². The average Bonchev–Trinajstić information content (AvgIpc) is 2.62. The molecule has 0 aromatic heterocycles. The van der Waals surface area contributed by atoms with Gasteiger partial charge in [0.2, 0.25) is 0 Å². The zero-order valence-electron chi connectivity index (χ0n) is 13.9. The number of nitriles is 1. The van der Waals surface area contributed by atoms with Gasteiger partial charge in [-0.25, -0.2) is 0 Å². The van der Waals surface area contributed by atoms with Crippen molar-refractivity contribution in [2.24, 2.45) is 0 Å². The van der Waals surface area contributed by atoms with Crippen LogP contribution in [0.2, 0.25) is 0 Å². The Balaban J connectivity index is 2.15. The molecule has 0 aliphatic carbocycles. The Morgan fingerprint density at radius 2 is 1.81 bits per heavy atom. The Bertz CT molecular complexity index is 850. The molecule has 0 aliphatic heterocycles. The minimum Gasteiger partial charge on any atom is -0.360 e. The molecule has 26 heavy (non-hydrogen) atoms. The minimum atomic E-state index is -4.61. The van der Waals surface area contributed by atoms with Crippen LogP contribution in [0.5, 0.6) is 0 Å². The maximum Gasteiger partial charge on any atom is 0.418 e. The van der Waals surface area contributed by atoms with Crippen LogP contribution in [0.1, 0.15) is 18.1 Å². The van der Waals surface area contributed by atoms with Crippen molar-refractivity contribution < 1.29 is 18.0 Å². The number of hydrogen-bond acceptors (Lipinski definition) is 3. The predicted molar refractivity (Wildman–Crippen MR) is 93.2 cm³/mol. The van der Waals surface area contributed by atoms with Gasteiger partial charge in [0.1, 0.15) is 11.6 Å². The highest BCUT2D eigenvalue weighted by molar-refractivity contribution is 6.07. The lowest BCUT2D eigenvalue weighted by Gasteiger charge is -2.13. The van der Waals surface area contributed by atoms with Gasteiger partial charge in [0.25, 0.3) is 5.91 Å². The van der Waals surface area contributed by atoms with Crippen molar-refractivity contribution in [3.63, 3.8) is 0 Å². The molecule has 0 unspecified atom stereocenters. The lowest BCUT2D eigenvalue weighted by molar-refractivity contribution is -0.137. The SMILES string of the molecule is CCc1ccc(N/C=C(/C#N)C(=O)Nc2ccccc2C(F)(F)F)cc1. The third-order valence-corrected chi connectivity index (χ3v) is 3.59. The first kappa shape index (κ1) is 19.1. The largest absolute Gasteiger partial charge is 0.418 e. The van der Waals surface area contributed by atoms with E-state index in [-0.39, 0.29) is 5.57 Å². The number of aryl methyl sites for hydroxylation is 1. The monoisotopic (exact) mass is 359 g/mol. The first-order valence-electron chi connectivity index (χ1n) is 7.78. The summed E-state index contributed by atoms with van der Waals surface area (Å²) in [6, 6.07) is 13.6. The molecule has 0 fully saturated rings. The lowest BCUT2D eigenvalue weighted by Crippen LogP contribution is -2.18. The lowest BCUT2D eigenvalue weighted by atomic mass is 10.1. The number of carbonyl (C=O) groups excluding carboxylic acids is 1. The number of carbonyl (C=O) groups is 1. The second-order valence-electron chi connectivity index (χ2n) is 5.36. The molecule has 0 aliphatic rings. The van der Waals surface area contributed by atoms with E-state index < -0.39 is 23.3 Å². The second kappa shape index (κ2) is 8.21. The van der Waals surface area contributed by atoms with Crippen molar-refractivity contribution in [1.82, 2.24) is 0 Å². The Morgan fingerprint density at radius 3 is 2.38 bits per heavy atom. The van der Waals surface area contributed by atoms with E-state index in [2.05, 4.69) is 10.6 Å². The molecular formula is C19H16F3N3O. The number of nitrogens with one attached hydrogen (secondary N) is 2. The number of halogens is 3. The topological polar surface area (TPSA) is 64.9 Å². The van der Waals surface area contributed by atoms with E-state index in [1.165, 1.54) is 12.1 Å². The maximum atomic E-state index is 13.0. The van der Waals surface area contributed by atoms with Crippen molar-refractivity contribution in [1.29, 1.82) is 5.26 Å². The molecule has 2 rings (SSSR count). The molecule has 2 aromatic carbocycles. The number of alkyl halides is 3. The Morgan fingerprint density at radius 1 is 1.15 bits per heavy atom. The summed E-state index contributed by atoms with van der Waals surface area (Å²) in [5, 5.41) is 14.0. The van der Waals surface area contributed by atoms with E-state index in [1.54, 1.807) is 18.2 Å². The number of amides is 1. The van der Waals surface area contributed by atoms with Crippen molar-refractivity contribution in [2.75, 3.05) is 10.6 Å². The smallest absolute Gasteiger partial charge is 0.360 e. The summed E-state index contributed by atoms with van der Waals surface area (Å²) >= 11 is 0. The average molecular weight is 359 g/mol. The van der Waals surface area contributed by atoms with Crippen molar-refractivity contribution in [3.8, 4) is 6.07 Å². The van der Waals surface area contributed by atoms with Gasteiger partial charge in [-0.3, -0.25) is 4.79 Å². The second-order valence-corrected chi connectivity index (χ2v) is 5.36. The van der Waals surface area contributed by atoms with Gasteiger partial charge in [-0.2, -0.15) is 18.4 Å². The number of para-hydroxylation sites is 1. The number of benzene rings is 2. The van der Waals surface area contributed by atoms with Crippen LogP contribution in [-0.4, -0.2) is 5.91 Å². The van der Waals surface area contributed by atoms with Gasteiger partial charge in [-0.05, 0) is 36.2 Å². The fraction of sp³-hybridized carbons (Fsp3) is 0.158. The van der Waals surface area contributed by atoms with Gasteiger partial charge in [0, 0.05) is 11.9 Å². The summed E-state index contributed by atoms with van der Waals surface area (Å²) < 4.78 is 38.9. The van der Waals surface area contributed by atoms with Gasteiger partial charge in [-0.15, -0.1) is 0 Å². The first-order chi connectivity index (χ1) is 12.3. The zero-order valence-corrected chi connectivity index (χ0v) is 13.9. The molecule has 2 aromatic rings. The van der Waals surface area contributed by atoms with Gasteiger partial charge in [0.05, 0.1) is 11.3 Å². The van der Waals surface area contributed by atoms with Crippen molar-refractivity contribution >= 4 is 17.3 Å². The fourth-order valence-electron chi connectivity index (χ4n) is 2.17. The van der Waals surface area contributed by atoms with Gasteiger partial charge < -0.3 is 10.6 Å². The minimum absolute atomic E-state index is 0.346. The summed E-state index contributed by atoms with van der Waals surface area (Å²) in [5.41, 5.74) is 0.0497. The fourth-order valence-corrected chi connectivity index (χ4v) is 2.17. The molecule has 0 spiro atoms. The molecule has 0 saturated heterocycles. The molecule has 2 N–H and O–H groups in total. The predicted octanol–water partition coefficient (Wildman–Crippen LogP) is 4.73. The van der Waals surface area contributed by atoms with Crippen LogP contribution in [0, 0.1) is 11.3 Å². The van der Waals surface area contributed by atoms with Gasteiger partial charge in [-0.1, -0.05) is 31.2 Å². The van der Waals surface area contributed by atoms with E-state index >= 15 is 0 Å². The summed E-state index contributed by atoms with van der Waals surface area (Å²) in [5.74, 6) is -0.929. The molecule has 0 atom stereocenters. The van der Waals surface area contributed by atoms with Gasteiger partial charge in [0.15, 0.2) is 0 Å². The standard InChI is InChI=1S/C19H16F3N3O/c1-2-13-7-9-15(10-8-13)24-12-14(11-23)18(26)25-17-6-4-3-5-16(17)19(20,21)22/h3-10,12,24H,2H2,1H3,(H,25,26)/b14-12-. The Labute approximate surface area is 149 Å². The molecule has 4 nitrogen and oxygen atoms in total. The van der Waals surface area contributed by atoms with E-state index in [1.807, 2.05) is 19.1 Å². The highest BCUT2D eigenvalue weighted by atomic mass is 19.4. The van der Waals surface area contributed by atoms with Crippen LogP contribution in [0.3, 0.4) is 0 Å². The summed E-state index contributed by atoms with van der Waals surface area (Å²) in [6.07, 6.45) is -2.58. The van der Waals surface area contributed by atoms with Crippen LogP contribution in [0.15, 0.2) is 60.3 Å². The Kier molecular flexibility index (Phi) is 6.02. The van der Waals surface area contributed by atoms with E-state index in [0.29, 0.717) is 5.69 Å². The first-order valence-corrected chi connectivity index (χ1v) is 7.78. The third kappa shape index (κ3) is 4.86. The molecule has 0 radical (unpaired) electrons. The normalized spacial score (nSPS) is 11.6. The van der Waals surface area contributed by atoms with Crippen LogP contribution in [-0.2, 0) is 17.4 Å². The summed E-state index contributed by atoms with van der Waals surface area (Å²) in [4.78, 5) is 12.1. The number of hydrogen-bond donors (Lipinski definition) is 2. The molecule has 7 heteroatoms. The highest BCUT2D eigenvalue weighted by Gasteiger charge is 2.33. The molecule has 1 amide bonds. The molecule has 0 heterocycles. The Hall–Kier alpha value is -3.27.